The summed E-state index contributed by atoms with van der Waals surface area (Å²) in [6, 6.07) is 2.59. The molecule has 3 N–H and O–H groups in total. The van der Waals surface area contributed by atoms with Gasteiger partial charge in [0.1, 0.15) is 0 Å². The molecule has 2 aromatic carbocycles. The molecule has 0 spiro atoms. The second-order valence-electron chi connectivity index (χ2n) is 6.16. The van der Waals surface area contributed by atoms with Crippen LogP contribution < -0.4 is 11.1 Å². The van der Waals surface area contributed by atoms with Crippen LogP contribution in [0.3, 0.4) is 0 Å². The highest BCUT2D eigenvalue weighted by Gasteiger charge is 2.75. The molecular weight excluding hydrogens is 537 g/mol. The summed E-state index contributed by atoms with van der Waals surface area (Å²) in [5, 5.41) is 1.14. The molecule has 3 nitrogen and oxygen atoms in total. The third-order valence-corrected chi connectivity index (χ3v) is 4.76. The molecule has 2 rings (SSSR count). The number of hydrogen-bond donors (Lipinski definition) is 2. The molecule has 15 heteroatoms. The van der Waals surface area contributed by atoms with Crippen molar-refractivity contribution in [1.82, 2.24) is 0 Å². The first-order chi connectivity index (χ1) is 14.3. The number of carbonyl (C=O) groups excluding carboxylic acids is 1. The lowest BCUT2D eigenvalue weighted by Crippen LogP contribution is -2.51. The van der Waals surface area contributed by atoms with Crippen molar-refractivity contribution in [2.75, 3.05) is 11.1 Å². The van der Waals surface area contributed by atoms with Crippen LogP contribution in [-0.2, 0) is 11.8 Å². The van der Waals surface area contributed by atoms with E-state index in [1.165, 1.54) is 0 Å². The zero-order valence-corrected chi connectivity index (χ0v) is 16.5. The van der Waals surface area contributed by atoms with Gasteiger partial charge >= 0.3 is 24.2 Å². The Hall–Kier alpha value is -2.58. The van der Waals surface area contributed by atoms with Crippen LogP contribution in [0.1, 0.15) is 21.5 Å². The van der Waals surface area contributed by atoms with Crippen molar-refractivity contribution in [2.45, 2.75) is 24.2 Å². The summed E-state index contributed by atoms with van der Waals surface area (Å²) in [6.45, 7) is 0. The molecular formula is C17H8BrF11N2O. The fourth-order valence-electron chi connectivity index (χ4n) is 2.63. The minimum Gasteiger partial charge on any atom is -0.396 e. The van der Waals surface area contributed by atoms with Crippen molar-refractivity contribution < 1.29 is 53.1 Å². The van der Waals surface area contributed by atoms with Gasteiger partial charge in [-0.2, -0.15) is 39.5 Å². The standard InChI is InChI=1S/C17H8BrF11N2O/c18-8-5-4-7(15(21,22)23)12(10(8)14(20,16(24,25)26)17(27,28)29)31-13(32)6-2-1-3-9(30)11(6)19/h1-5H,30H2,(H,31,32). The second kappa shape index (κ2) is 8.08. The molecule has 176 valence electrons. The Labute approximate surface area is 179 Å². The van der Waals surface area contributed by atoms with E-state index in [4.69, 9.17) is 5.73 Å². The lowest BCUT2D eigenvalue weighted by Gasteiger charge is -2.33. The minimum atomic E-state index is -6.81. The van der Waals surface area contributed by atoms with E-state index in [2.05, 4.69) is 15.9 Å². The van der Waals surface area contributed by atoms with Crippen molar-refractivity contribution in [3.8, 4) is 0 Å². The number of carbonyl (C=O) groups is 1. The molecule has 0 aliphatic carbocycles. The molecule has 0 saturated carbocycles. The number of rotatable bonds is 3. The fourth-order valence-corrected chi connectivity index (χ4v) is 3.23. The molecule has 0 atom stereocenters. The molecule has 0 saturated heterocycles. The molecule has 2 aromatic rings. The highest BCUT2D eigenvalue weighted by atomic mass is 79.9. The molecule has 0 aromatic heterocycles. The zero-order chi connectivity index (χ0) is 24.9. The highest BCUT2D eigenvalue weighted by molar-refractivity contribution is 9.10. The first-order valence-electron chi connectivity index (χ1n) is 7.92. The molecule has 0 radical (unpaired) electrons. The molecule has 0 heterocycles. The van der Waals surface area contributed by atoms with Crippen LogP contribution in [-0.4, -0.2) is 18.3 Å². The van der Waals surface area contributed by atoms with Gasteiger partial charge in [-0.15, -0.1) is 0 Å². The van der Waals surface area contributed by atoms with Crippen LogP contribution in [0.25, 0.3) is 0 Å². The summed E-state index contributed by atoms with van der Waals surface area (Å²) >= 11 is 2.19. The summed E-state index contributed by atoms with van der Waals surface area (Å²) in [4.78, 5) is 12.3. The predicted molar refractivity (Wildman–Crippen MR) is 92.8 cm³/mol. The van der Waals surface area contributed by atoms with E-state index in [9.17, 15) is 53.1 Å². The number of hydrogen-bond acceptors (Lipinski definition) is 2. The van der Waals surface area contributed by atoms with E-state index in [1.807, 2.05) is 0 Å². The monoisotopic (exact) mass is 544 g/mol. The van der Waals surface area contributed by atoms with Gasteiger partial charge < -0.3 is 11.1 Å². The van der Waals surface area contributed by atoms with Gasteiger partial charge in [-0.1, -0.05) is 22.0 Å². The molecule has 0 fully saturated rings. The van der Waals surface area contributed by atoms with E-state index in [0.717, 1.165) is 17.4 Å². The fraction of sp³-hybridized carbons (Fsp3) is 0.235. The minimum absolute atomic E-state index is 0.00603. The predicted octanol–water partition coefficient (Wildman–Crippen LogP) is 6.73. The third kappa shape index (κ3) is 4.34. The highest BCUT2D eigenvalue weighted by Crippen LogP contribution is 2.58. The Balaban J connectivity index is 2.91. The smallest absolute Gasteiger partial charge is 0.396 e. The van der Waals surface area contributed by atoms with Gasteiger partial charge in [0.25, 0.3) is 5.91 Å². The van der Waals surface area contributed by atoms with E-state index < -0.39 is 68.5 Å². The zero-order valence-electron chi connectivity index (χ0n) is 14.9. The summed E-state index contributed by atoms with van der Waals surface area (Å²) < 4.78 is 147. The summed E-state index contributed by atoms with van der Waals surface area (Å²) in [6.07, 6.45) is -19.3. The van der Waals surface area contributed by atoms with Crippen LogP contribution in [0.4, 0.5) is 59.7 Å². The quantitative estimate of drug-likeness (QED) is 0.332. The maximum absolute atomic E-state index is 14.7. The van der Waals surface area contributed by atoms with Gasteiger partial charge in [-0.05, 0) is 24.3 Å². The summed E-state index contributed by atoms with van der Waals surface area (Å²) in [5.41, 5.74) is -10.1. The SMILES string of the molecule is Nc1cccc(C(=O)Nc2c(C(F)(F)F)ccc(Br)c2C(F)(C(F)(F)F)C(F)(F)F)c1F. The molecule has 0 aliphatic rings. The first-order valence-corrected chi connectivity index (χ1v) is 8.71. The normalized spacial score (nSPS) is 13.2. The van der Waals surface area contributed by atoms with Gasteiger partial charge in [0.2, 0.25) is 0 Å². The van der Waals surface area contributed by atoms with Crippen LogP contribution in [0.15, 0.2) is 34.8 Å². The van der Waals surface area contributed by atoms with Gasteiger partial charge in [-0.3, -0.25) is 4.79 Å². The van der Waals surface area contributed by atoms with Crippen molar-refractivity contribution in [2.24, 2.45) is 0 Å². The van der Waals surface area contributed by atoms with Crippen molar-refractivity contribution >= 4 is 33.2 Å². The van der Waals surface area contributed by atoms with Crippen LogP contribution in [0.5, 0.6) is 0 Å². The number of amides is 1. The summed E-state index contributed by atoms with van der Waals surface area (Å²) in [7, 11) is 0. The van der Waals surface area contributed by atoms with E-state index in [1.54, 1.807) is 0 Å². The van der Waals surface area contributed by atoms with Gasteiger partial charge in [0.05, 0.1) is 22.5 Å². The number of halogens is 12. The van der Waals surface area contributed by atoms with E-state index >= 15 is 0 Å². The van der Waals surface area contributed by atoms with Gasteiger partial charge in [0, 0.05) is 10.0 Å². The molecule has 1 amide bonds. The topological polar surface area (TPSA) is 55.1 Å². The van der Waals surface area contributed by atoms with Crippen LogP contribution in [0.2, 0.25) is 0 Å². The first kappa shape index (κ1) is 25.7. The Morgan fingerprint density at radius 3 is 1.88 bits per heavy atom. The third-order valence-electron chi connectivity index (χ3n) is 4.10. The second-order valence-corrected chi connectivity index (χ2v) is 7.01. The van der Waals surface area contributed by atoms with Crippen molar-refractivity contribution in [3.05, 3.63) is 57.3 Å². The Kier molecular flexibility index (Phi) is 6.49. The van der Waals surface area contributed by atoms with Gasteiger partial charge in [-0.25, -0.2) is 8.78 Å². The Morgan fingerprint density at radius 1 is 0.875 bits per heavy atom. The lowest BCUT2D eigenvalue weighted by molar-refractivity contribution is -0.348. The molecule has 32 heavy (non-hydrogen) atoms. The number of benzene rings is 2. The van der Waals surface area contributed by atoms with Crippen LogP contribution in [0, 0.1) is 5.82 Å². The van der Waals surface area contributed by atoms with Gasteiger partial charge in [0.15, 0.2) is 5.82 Å². The summed E-state index contributed by atoms with van der Waals surface area (Å²) in [5.74, 6) is -3.43. The number of nitrogens with two attached hydrogens (primary N) is 1. The largest absolute Gasteiger partial charge is 0.436 e. The number of nitrogens with one attached hydrogen (secondary N) is 1. The maximum Gasteiger partial charge on any atom is 0.436 e. The number of anilines is 2. The maximum atomic E-state index is 14.7. The van der Waals surface area contributed by atoms with Crippen LogP contribution >= 0.6 is 15.9 Å². The van der Waals surface area contributed by atoms with Crippen molar-refractivity contribution in [3.63, 3.8) is 0 Å². The van der Waals surface area contributed by atoms with Crippen molar-refractivity contribution in [1.29, 1.82) is 0 Å². The average molecular weight is 545 g/mol. The molecule has 0 aliphatic heterocycles. The molecule has 0 unspecified atom stereocenters. The average Bonchev–Trinajstić information content (AvgIpc) is 2.60. The Bertz CT molecular complexity index is 1030. The van der Waals surface area contributed by atoms with E-state index in [-0.39, 0.29) is 12.1 Å². The van der Waals surface area contributed by atoms with E-state index in [0.29, 0.717) is 6.07 Å². The number of nitrogen functional groups attached to an aromatic ring is 1. The molecule has 0 bridgehead atoms. The number of alkyl halides is 10. The Morgan fingerprint density at radius 2 is 1.41 bits per heavy atom. The lowest BCUT2D eigenvalue weighted by atomic mass is 9.90.